The maximum absolute atomic E-state index is 8.79. The molecule has 0 saturated carbocycles. The van der Waals surface area contributed by atoms with Crippen molar-refractivity contribution < 1.29 is 5.11 Å². The molecular formula is C9H11BrN4O. The molecule has 80 valence electrons. The van der Waals surface area contributed by atoms with Crippen LogP contribution < -0.4 is 5.73 Å². The Kier molecular flexibility index (Phi) is 2.99. The number of nitrogens with two attached hydrogens (primary N) is 1. The smallest absolute Gasteiger partial charge is 0.154 e. The Morgan fingerprint density at radius 1 is 1.60 bits per heavy atom. The van der Waals surface area contributed by atoms with Crippen LogP contribution in [-0.4, -0.2) is 26.1 Å². The van der Waals surface area contributed by atoms with Crippen LogP contribution in [0, 0.1) is 0 Å². The predicted molar refractivity (Wildman–Crippen MR) is 59.3 cm³/mol. The van der Waals surface area contributed by atoms with Crippen molar-refractivity contribution >= 4 is 21.6 Å². The number of fused-ring (bicyclic) bond motifs is 1. The molecule has 0 aromatic carbocycles. The summed E-state index contributed by atoms with van der Waals surface area (Å²) < 4.78 is 2.63. The molecule has 0 aliphatic rings. The molecule has 0 aliphatic carbocycles. The molecule has 0 fully saturated rings. The third-order valence-corrected chi connectivity index (χ3v) is 2.72. The van der Waals surface area contributed by atoms with E-state index in [2.05, 4.69) is 25.9 Å². The van der Waals surface area contributed by atoms with Crippen molar-refractivity contribution in [3.8, 4) is 0 Å². The number of aliphatic hydroxyl groups is 1. The maximum atomic E-state index is 8.79. The number of imidazole rings is 1. The summed E-state index contributed by atoms with van der Waals surface area (Å²) in [6, 6.07) is -0.234. The van der Waals surface area contributed by atoms with Crippen molar-refractivity contribution in [3.63, 3.8) is 0 Å². The van der Waals surface area contributed by atoms with Crippen LogP contribution in [0.5, 0.6) is 0 Å². The summed E-state index contributed by atoms with van der Waals surface area (Å²) in [7, 11) is 0. The number of hydrogen-bond donors (Lipinski definition) is 2. The van der Waals surface area contributed by atoms with E-state index in [9.17, 15) is 0 Å². The molecule has 6 heteroatoms. The van der Waals surface area contributed by atoms with E-state index in [-0.39, 0.29) is 12.6 Å². The Morgan fingerprint density at radius 3 is 3.07 bits per heavy atom. The minimum absolute atomic E-state index is 0.0639. The van der Waals surface area contributed by atoms with Gasteiger partial charge in [-0.25, -0.2) is 9.97 Å². The van der Waals surface area contributed by atoms with Crippen molar-refractivity contribution in [2.45, 2.75) is 12.5 Å². The van der Waals surface area contributed by atoms with Gasteiger partial charge in [-0.1, -0.05) is 0 Å². The number of nitrogens with zero attached hydrogens (tertiary/aromatic N) is 3. The zero-order valence-electron chi connectivity index (χ0n) is 7.97. The van der Waals surface area contributed by atoms with Gasteiger partial charge in [-0.05, 0) is 22.4 Å². The van der Waals surface area contributed by atoms with Gasteiger partial charge in [0.2, 0.25) is 0 Å². The predicted octanol–water partition coefficient (Wildman–Crippen LogP) is 0.874. The van der Waals surface area contributed by atoms with E-state index in [1.807, 2.05) is 6.20 Å². The SMILES string of the molecule is NC(CCO)c1cn2cncc(Br)c2n1. The zero-order chi connectivity index (χ0) is 10.8. The first-order valence-electron chi connectivity index (χ1n) is 4.57. The maximum Gasteiger partial charge on any atom is 0.154 e. The van der Waals surface area contributed by atoms with Gasteiger partial charge in [-0.3, -0.25) is 4.40 Å². The Morgan fingerprint density at radius 2 is 2.40 bits per heavy atom. The van der Waals surface area contributed by atoms with Gasteiger partial charge in [0.15, 0.2) is 5.65 Å². The van der Waals surface area contributed by atoms with E-state index in [4.69, 9.17) is 10.8 Å². The average Bonchev–Trinajstić information content (AvgIpc) is 2.63. The van der Waals surface area contributed by atoms with Gasteiger partial charge in [-0.2, -0.15) is 0 Å². The van der Waals surface area contributed by atoms with Gasteiger partial charge >= 0.3 is 0 Å². The Bertz CT molecular complexity index is 470. The lowest BCUT2D eigenvalue weighted by molar-refractivity contribution is 0.276. The van der Waals surface area contributed by atoms with Gasteiger partial charge in [-0.15, -0.1) is 0 Å². The molecule has 2 heterocycles. The molecule has 0 bridgehead atoms. The third kappa shape index (κ3) is 2.01. The van der Waals surface area contributed by atoms with Gasteiger partial charge in [0.1, 0.15) is 6.33 Å². The van der Waals surface area contributed by atoms with Crippen molar-refractivity contribution in [3.05, 3.63) is 28.9 Å². The number of halogens is 1. The summed E-state index contributed by atoms with van der Waals surface area (Å²) in [4.78, 5) is 8.39. The van der Waals surface area contributed by atoms with Crippen LogP contribution in [0.15, 0.2) is 23.2 Å². The standard InChI is InChI=1S/C9H11BrN4O/c10-6-3-12-5-14-4-8(13-9(6)14)7(11)1-2-15/h3-5,7,15H,1-2,11H2. The molecule has 1 unspecified atom stereocenters. The molecule has 2 aromatic heterocycles. The number of hydrogen-bond acceptors (Lipinski definition) is 4. The van der Waals surface area contributed by atoms with E-state index in [0.29, 0.717) is 6.42 Å². The zero-order valence-corrected chi connectivity index (χ0v) is 9.55. The Hall–Kier alpha value is -0.980. The van der Waals surface area contributed by atoms with Crippen molar-refractivity contribution in [1.82, 2.24) is 14.4 Å². The molecule has 0 saturated heterocycles. The van der Waals surface area contributed by atoms with Crippen LogP contribution in [-0.2, 0) is 0 Å². The molecule has 1 atom stereocenters. The highest BCUT2D eigenvalue weighted by molar-refractivity contribution is 9.10. The fourth-order valence-corrected chi connectivity index (χ4v) is 1.78. The van der Waals surface area contributed by atoms with Gasteiger partial charge < -0.3 is 10.8 Å². The first-order chi connectivity index (χ1) is 7.22. The second-order valence-corrected chi connectivity index (χ2v) is 4.11. The summed E-state index contributed by atoms with van der Waals surface area (Å²) in [5.74, 6) is 0. The molecule has 5 nitrogen and oxygen atoms in total. The van der Waals surface area contributed by atoms with Crippen LogP contribution in [0.1, 0.15) is 18.2 Å². The van der Waals surface area contributed by atoms with E-state index in [1.54, 1.807) is 16.9 Å². The molecule has 0 spiro atoms. The number of rotatable bonds is 3. The summed E-state index contributed by atoms with van der Waals surface area (Å²) in [5, 5.41) is 8.79. The third-order valence-electron chi connectivity index (χ3n) is 2.16. The lowest BCUT2D eigenvalue weighted by Gasteiger charge is -2.04. The normalized spacial score (nSPS) is 13.3. The van der Waals surface area contributed by atoms with Crippen molar-refractivity contribution in [2.75, 3.05) is 6.61 Å². The topological polar surface area (TPSA) is 76.4 Å². The molecule has 0 radical (unpaired) electrons. The highest BCUT2D eigenvalue weighted by Gasteiger charge is 2.11. The van der Waals surface area contributed by atoms with Crippen LogP contribution in [0.25, 0.3) is 5.65 Å². The Balaban J connectivity index is 2.43. The number of aromatic nitrogens is 3. The summed E-state index contributed by atoms with van der Waals surface area (Å²) in [6.07, 6.45) is 5.69. The van der Waals surface area contributed by atoms with Crippen LogP contribution >= 0.6 is 15.9 Å². The van der Waals surface area contributed by atoms with Crippen molar-refractivity contribution in [2.24, 2.45) is 5.73 Å². The van der Waals surface area contributed by atoms with Crippen LogP contribution in [0.3, 0.4) is 0 Å². The molecule has 2 aromatic rings. The summed E-state index contributed by atoms with van der Waals surface area (Å²) in [6.45, 7) is 0.0639. The lowest BCUT2D eigenvalue weighted by atomic mass is 10.2. The average molecular weight is 271 g/mol. The van der Waals surface area contributed by atoms with Gasteiger partial charge in [0, 0.05) is 19.0 Å². The fourth-order valence-electron chi connectivity index (χ4n) is 1.37. The molecule has 0 amide bonds. The minimum atomic E-state index is -0.234. The fraction of sp³-hybridized carbons (Fsp3) is 0.333. The quantitative estimate of drug-likeness (QED) is 0.868. The first-order valence-corrected chi connectivity index (χ1v) is 5.36. The number of aliphatic hydroxyl groups excluding tert-OH is 1. The molecular weight excluding hydrogens is 260 g/mol. The van der Waals surface area contributed by atoms with Crippen molar-refractivity contribution in [1.29, 1.82) is 0 Å². The van der Waals surface area contributed by atoms with E-state index in [1.165, 1.54) is 0 Å². The lowest BCUT2D eigenvalue weighted by Crippen LogP contribution is -2.12. The molecule has 15 heavy (non-hydrogen) atoms. The minimum Gasteiger partial charge on any atom is -0.396 e. The second kappa shape index (κ2) is 4.26. The van der Waals surface area contributed by atoms with Crippen LogP contribution in [0.4, 0.5) is 0 Å². The second-order valence-electron chi connectivity index (χ2n) is 3.26. The van der Waals surface area contributed by atoms with Gasteiger partial charge in [0.25, 0.3) is 0 Å². The molecule has 3 N–H and O–H groups in total. The van der Waals surface area contributed by atoms with E-state index < -0.39 is 0 Å². The molecule has 2 rings (SSSR count). The van der Waals surface area contributed by atoms with E-state index >= 15 is 0 Å². The molecule has 0 aliphatic heterocycles. The highest BCUT2D eigenvalue weighted by atomic mass is 79.9. The largest absolute Gasteiger partial charge is 0.396 e. The first kappa shape index (κ1) is 10.5. The highest BCUT2D eigenvalue weighted by Crippen LogP contribution is 2.19. The van der Waals surface area contributed by atoms with Crippen LogP contribution in [0.2, 0.25) is 0 Å². The Labute approximate surface area is 95.1 Å². The van der Waals surface area contributed by atoms with Gasteiger partial charge in [0.05, 0.1) is 16.2 Å². The van der Waals surface area contributed by atoms with E-state index in [0.717, 1.165) is 15.8 Å². The monoisotopic (exact) mass is 270 g/mol. The summed E-state index contributed by atoms with van der Waals surface area (Å²) >= 11 is 3.36. The summed E-state index contributed by atoms with van der Waals surface area (Å²) in [5.41, 5.74) is 7.40.